The molecule has 1 heterocycles. The maximum atomic E-state index is 11.7. The first-order chi connectivity index (χ1) is 7.97. The van der Waals surface area contributed by atoms with Crippen LogP contribution in [0.1, 0.15) is 6.92 Å². The number of aliphatic imine (C=N–C) groups is 1. The van der Waals surface area contributed by atoms with Crippen LogP contribution >= 0.6 is 0 Å². The molecule has 1 aromatic heterocycles. The van der Waals surface area contributed by atoms with Gasteiger partial charge >= 0.3 is 5.97 Å². The Morgan fingerprint density at radius 2 is 2.24 bits per heavy atom. The van der Waals surface area contributed by atoms with Gasteiger partial charge in [-0.25, -0.2) is 9.79 Å². The van der Waals surface area contributed by atoms with E-state index >= 15 is 0 Å². The molecular formula is C9H13N5O3. The minimum atomic E-state index is -0.661. The maximum absolute atomic E-state index is 11.7. The first kappa shape index (κ1) is 12.7. The fourth-order valence-electron chi connectivity index (χ4n) is 1.04. The molecular weight excluding hydrogens is 226 g/mol. The summed E-state index contributed by atoms with van der Waals surface area (Å²) in [5, 5.41) is 0. The lowest BCUT2D eigenvalue weighted by molar-refractivity contribution is -0.134. The van der Waals surface area contributed by atoms with Crippen molar-refractivity contribution in [3.63, 3.8) is 0 Å². The van der Waals surface area contributed by atoms with Gasteiger partial charge in [-0.1, -0.05) is 0 Å². The van der Waals surface area contributed by atoms with Crippen LogP contribution in [0.25, 0.3) is 0 Å². The third kappa shape index (κ3) is 2.80. The van der Waals surface area contributed by atoms with E-state index in [2.05, 4.69) is 14.7 Å². The Morgan fingerprint density at radius 1 is 1.59 bits per heavy atom. The highest BCUT2D eigenvalue weighted by Gasteiger charge is 2.09. The van der Waals surface area contributed by atoms with E-state index in [1.165, 1.54) is 7.05 Å². The van der Waals surface area contributed by atoms with Crippen LogP contribution in [0.2, 0.25) is 0 Å². The number of nitrogens with two attached hydrogens (primary N) is 2. The molecule has 0 aliphatic rings. The Bertz CT molecular complexity index is 520. The number of nitrogens with zero attached hydrogens (tertiary/aromatic N) is 3. The number of esters is 1. The Labute approximate surface area is 96.9 Å². The lowest BCUT2D eigenvalue weighted by Gasteiger charge is -2.05. The third-order valence-electron chi connectivity index (χ3n) is 1.91. The van der Waals surface area contributed by atoms with E-state index < -0.39 is 11.5 Å². The number of carbonyl (C=O) groups is 1. The first-order valence-corrected chi connectivity index (χ1v) is 4.80. The van der Waals surface area contributed by atoms with Crippen LogP contribution in [0.5, 0.6) is 0 Å². The van der Waals surface area contributed by atoms with E-state index in [4.69, 9.17) is 11.5 Å². The molecule has 0 radical (unpaired) electrons. The molecule has 92 valence electrons. The van der Waals surface area contributed by atoms with Crippen LogP contribution in [-0.4, -0.2) is 28.3 Å². The van der Waals surface area contributed by atoms with Gasteiger partial charge in [-0.15, -0.1) is 0 Å². The zero-order chi connectivity index (χ0) is 13.0. The zero-order valence-electron chi connectivity index (χ0n) is 9.51. The average Bonchev–Trinajstić information content (AvgIpc) is 2.26. The van der Waals surface area contributed by atoms with E-state index in [9.17, 15) is 9.59 Å². The highest BCUT2D eigenvalue weighted by Crippen LogP contribution is 2.13. The lowest BCUT2D eigenvalue weighted by atomic mass is 10.4. The number of rotatable bonds is 3. The van der Waals surface area contributed by atoms with Crippen molar-refractivity contribution in [1.82, 2.24) is 9.55 Å². The highest BCUT2D eigenvalue weighted by atomic mass is 16.5. The summed E-state index contributed by atoms with van der Waals surface area (Å²) in [6, 6.07) is 0. The van der Waals surface area contributed by atoms with Gasteiger partial charge in [0.05, 0.1) is 6.61 Å². The van der Waals surface area contributed by atoms with E-state index in [0.29, 0.717) is 0 Å². The molecule has 0 aromatic carbocycles. The van der Waals surface area contributed by atoms with Crippen molar-refractivity contribution in [3.8, 4) is 0 Å². The molecule has 8 nitrogen and oxygen atoms in total. The summed E-state index contributed by atoms with van der Waals surface area (Å²) in [5.41, 5.74) is 10.2. The standard InChI is InChI=1S/C9H13N5O3/c1-3-17-5(15)4-12-6-7(10)13-9(11)14(2)8(6)16/h4H,3,10H2,1-2H3,(H2,11,13). The summed E-state index contributed by atoms with van der Waals surface area (Å²) in [5.74, 6) is -0.820. The molecule has 0 unspecified atom stereocenters. The fraction of sp³-hybridized carbons (Fsp3) is 0.333. The van der Waals surface area contributed by atoms with Gasteiger partial charge in [-0.3, -0.25) is 9.36 Å². The van der Waals surface area contributed by atoms with E-state index in [0.717, 1.165) is 10.8 Å². The second-order valence-corrected chi connectivity index (χ2v) is 3.08. The van der Waals surface area contributed by atoms with Crippen LogP contribution in [0.4, 0.5) is 17.5 Å². The zero-order valence-corrected chi connectivity index (χ0v) is 9.51. The normalized spacial score (nSPS) is 10.7. The van der Waals surface area contributed by atoms with Crippen LogP contribution < -0.4 is 17.0 Å². The molecule has 0 spiro atoms. The minimum absolute atomic E-state index is 0.0254. The molecule has 1 rings (SSSR count). The van der Waals surface area contributed by atoms with Crippen molar-refractivity contribution in [3.05, 3.63) is 10.4 Å². The molecule has 0 saturated carbocycles. The van der Waals surface area contributed by atoms with Gasteiger partial charge in [0.1, 0.15) is 6.21 Å². The van der Waals surface area contributed by atoms with Gasteiger partial charge in [0.2, 0.25) is 5.95 Å². The summed E-state index contributed by atoms with van der Waals surface area (Å²) in [4.78, 5) is 30.1. The number of ether oxygens (including phenoxy) is 1. The van der Waals surface area contributed by atoms with Crippen molar-refractivity contribution in [2.75, 3.05) is 18.1 Å². The highest BCUT2D eigenvalue weighted by molar-refractivity contribution is 6.23. The lowest BCUT2D eigenvalue weighted by Crippen LogP contribution is -2.22. The van der Waals surface area contributed by atoms with Crippen molar-refractivity contribution in [1.29, 1.82) is 0 Å². The van der Waals surface area contributed by atoms with Crippen molar-refractivity contribution in [2.24, 2.45) is 12.0 Å². The van der Waals surface area contributed by atoms with Gasteiger partial charge in [0, 0.05) is 7.05 Å². The Hall–Kier alpha value is -2.38. The van der Waals surface area contributed by atoms with E-state index in [1.807, 2.05) is 0 Å². The molecule has 1 aromatic rings. The van der Waals surface area contributed by atoms with Crippen molar-refractivity contribution in [2.45, 2.75) is 6.92 Å². The van der Waals surface area contributed by atoms with Gasteiger partial charge in [-0.2, -0.15) is 4.98 Å². The van der Waals surface area contributed by atoms with Crippen molar-refractivity contribution < 1.29 is 9.53 Å². The smallest absolute Gasteiger partial charge is 0.349 e. The van der Waals surface area contributed by atoms with Gasteiger partial charge in [-0.05, 0) is 6.92 Å². The maximum Gasteiger partial charge on any atom is 0.349 e. The molecule has 0 aliphatic carbocycles. The molecule has 0 amide bonds. The third-order valence-corrected chi connectivity index (χ3v) is 1.91. The summed E-state index contributed by atoms with van der Waals surface area (Å²) < 4.78 is 5.69. The molecule has 17 heavy (non-hydrogen) atoms. The Balaban J connectivity index is 3.12. The molecule has 0 bridgehead atoms. The largest absolute Gasteiger partial charge is 0.462 e. The first-order valence-electron chi connectivity index (χ1n) is 4.80. The number of nitrogen functional groups attached to an aromatic ring is 2. The van der Waals surface area contributed by atoms with Crippen LogP contribution in [0.3, 0.4) is 0 Å². The SMILES string of the molecule is CCOC(=O)C=Nc1c(N)nc(N)n(C)c1=O. The summed E-state index contributed by atoms with van der Waals surface area (Å²) >= 11 is 0. The number of aromatic nitrogens is 2. The monoisotopic (exact) mass is 239 g/mol. The average molecular weight is 239 g/mol. The second kappa shape index (κ2) is 5.10. The predicted octanol–water partition coefficient (Wildman–Crippen LogP) is -0.790. The van der Waals surface area contributed by atoms with E-state index in [-0.39, 0.29) is 24.1 Å². The number of carbonyl (C=O) groups excluding carboxylic acids is 1. The number of anilines is 2. The van der Waals surface area contributed by atoms with Crippen LogP contribution in [0.15, 0.2) is 9.79 Å². The summed E-state index contributed by atoms with van der Waals surface area (Å²) in [6.45, 7) is 1.88. The van der Waals surface area contributed by atoms with Crippen LogP contribution in [-0.2, 0) is 16.6 Å². The predicted molar refractivity (Wildman–Crippen MR) is 63.1 cm³/mol. The van der Waals surface area contributed by atoms with Crippen LogP contribution in [0, 0.1) is 0 Å². The summed E-state index contributed by atoms with van der Waals surface area (Å²) in [6.07, 6.45) is 0.870. The quantitative estimate of drug-likeness (QED) is 0.526. The molecule has 0 fully saturated rings. The van der Waals surface area contributed by atoms with Crippen molar-refractivity contribution >= 4 is 29.6 Å². The molecule has 0 atom stereocenters. The molecule has 0 aliphatic heterocycles. The number of hydrogen-bond donors (Lipinski definition) is 2. The second-order valence-electron chi connectivity index (χ2n) is 3.08. The molecule has 8 heteroatoms. The van der Waals surface area contributed by atoms with Gasteiger partial charge < -0.3 is 16.2 Å². The topological polar surface area (TPSA) is 126 Å². The molecule has 0 saturated heterocycles. The Morgan fingerprint density at radius 3 is 2.82 bits per heavy atom. The van der Waals surface area contributed by atoms with Gasteiger partial charge in [0.15, 0.2) is 11.5 Å². The fourth-order valence-corrected chi connectivity index (χ4v) is 1.04. The summed E-state index contributed by atoms with van der Waals surface area (Å²) in [7, 11) is 1.42. The Kier molecular flexibility index (Phi) is 3.81. The van der Waals surface area contributed by atoms with Gasteiger partial charge in [0.25, 0.3) is 5.56 Å². The minimum Gasteiger partial charge on any atom is -0.462 e. The number of hydrogen-bond acceptors (Lipinski definition) is 7. The van der Waals surface area contributed by atoms with E-state index in [1.54, 1.807) is 6.92 Å². The molecule has 4 N–H and O–H groups in total.